The third-order valence-corrected chi connectivity index (χ3v) is 6.91. The molecule has 180 valence electrons. The molecule has 0 amide bonds. The molecule has 35 heavy (non-hydrogen) atoms. The van der Waals surface area contributed by atoms with Crippen LogP contribution >= 0.6 is 0 Å². The molecule has 0 radical (unpaired) electrons. The van der Waals surface area contributed by atoms with Crippen molar-refractivity contribution >= 4 is 5.78 Å². The van der Waals surface area contributed by atoms with Gasteiger partial charge in [0.15, 0.2) is 11.6 Å². The number of pyridine rings is 1. The Morgan fingerprint density at radius 3 is 2.57 bits per heavy atom. The number of carbonyl (C=O) groups excluding carboxylic acids is 1. The quantitative estimate of drug-likeness (QED) is 0.397. The van der Waals surface area contributed by atoms with Gasteiger partial charge in [0.05, 0.1) is 18.3 Å². The molecule has 1 N–H and O–H groups in total. The van der Waals surface area contributed by atoms with E-state index in [1.165, 1.54) is 0 Å². The van der Waals surface area contributed by atoms with Crippen molar-refractivity contribution in [3.63, 3.8) is 0 Å². The van der Waals surface area contributed by atoms with Crippen molar-refractivity contribution in [1.82, 2.24) is 34.7 Å². The molecule has 2 unspecified atom stereocenters. The summed E-state index contributed by atoms with van der Waals surface area (Å²) in [7, 11) is 0. The van der Waals surface area contributed by atoms with E-state index in [1.54, 1.807) is 9.13 Å². The Bertz CT molecular complexity index is 1370. The summed E-state index contributed by atoms with van der Waals surface area (Å²) in [5.74, 6) is 0.983. The average Bonchev–Trinajstić information content (AvgIpc) is 3.51. The maximum absolute atomic E-state index is 13.4. The fraction of sp³-hybridized carbons (Fsp3) is 0.385. The minimum Gasteiger partial charge on any atom is -0.297 e. The number of unbranched alkanes of at least 4 members (excludes halogenated alkanes) is 1. The molecule has 3 aromatic heterocycles. The van der Waals surface area contributed by atoms with Crippen LogP contribution in [-0.4, -0.2) is 40.5 Å². The fourth-order valence-corrected chi connectivity index (χ4v) is 4.86. The average molecular weight is 472 g/mol. The predicted molar refractivity (Wildman–Crippen MR) is 132 cm³/mol. The van der Waals surface area contributed by atoms with Crippen molar-refractivity contribution in [2.45, 2.75) is 58.5 Å². The molecule has 5 rings (SSSR count). The molecule has 9 nitrogen and oxygen atoms in total. The molecule has 3 heterocycles. The van der Waals surface area contributed by atoms with Crippen LogP contribution in [0.5, 0.6) is 0 Å². The second-order valence-electron chi connectivity index (χ2n) is 9.13. The van der Waals surface area contributed by atoms with Crippen LogP contribution in [0.3, 0.4) is 0 Å². The van der Waals surface area contributed by atoms with E-state index in [0.29, 0.717) is 18.8 Å². The summed E-state index contributed by atoms with van der Waals surface area (Å²) in [6, 6.07) is 11.4. The number of H-pyrrole nitrogens is 1. The van der Waals surface area contributed by atoms with Gasteiger partial charge in [-0.15, -0.1) is 5.10 Å². The van der Waals surface area contributed by atoms with Gasteiger partial charge in [0.2, 0.25) is 0 Å². The zero-order valence-electron chi connectivity index (χ0n) is 20.0. The number of hydrogen-bond acceptors (Lipinski definition) is 6. The van der Waals surface area contributed by atoms with Crippen LogP contribution in [0, 0.1) is 5.92 Å². The van der Waals surface area contributed by atoms with Gasteiger partial charge in [-0.2, -0.15) is 0 Å². The maximum atomic E-state index is 13.4. The molecule has 2 atom stereocenters. The molecule has 0 spiro atoms. The fourth-order valence-electron chi connectivity index (χ4n) is 4.86. The van der Waals surface area contributed by atoms with Gasteiger partial charge in [0.1, 0.15) is 0 Å². The number of carbonyl (C=O) groups is 1. The summed E-state index contributed by atoms with van der Waals surface area (Å²) in [4.78, 5) is 30.4. The van der Waals surface area contributed by atoms with E-state index in [2.05, 4.69) is 39.5 Å². The molecule has 1 fully saturated rings. The Morgan fingerprint density at radius 1 is 1.09 bits per heavy atom. The Morgan fingerprint density at radius 2 is 1.91 bits per heavy atom. The molecular formula is C26H29N7O2. The number of hydrogen-bond donors (Lipinski definition) is 1. The lowest BCUT2D eigenvalue weighted by Gasteiger charge is -2.34. The van der Waals surface area contributed by atoms with Crippen LogP contribution in [0.4, 0.5) is 0 Å². The van der Waals surface area contributed by atoms with Gasteiger partial charge >= 0.3 is 5.69 Å². The highest BCUT2D eigenvalue weighted by Gasteiger charge is 2.41. The van der Waals surface area contributed by atoms with E-state index >= 15 is 0 Å². The molecule has 1 aromatic carbocycles. The number of ketones is 1. The lowest BCUT2D eigenvalue weighted by molar-refractivity contribution is -0.133. The van der Waals surface area contributed by atoms with Gasteiger partial charge in [-0.1, -0.05) is 57.0 Å². The third kappa shape index (κ3) is 4.34. The van der Waals surface area contributed by atoms with Crippen LogP contribution in [0.25, 0.3) is 22.6 Å². The molecule has 0 aliphatic heterocycles. The van der Waals surface area contributed by atoms with Crippen LogP contribution in [0.1, 0.15) is 56.8 Å². The summed E-state index contributed by atoms with van der Waals surface area (Å²) in [6.07, 6.45) is 8.02. The highest BCUT2D eigenvalue weighted by Crippen LogP contribution is 2.37. The molecule has 1 saturated carbocycles. The van der Waals surface area contributed by atoms with Gasteiger partial charge in [-0.05, 0) is 40.8 Å². The van der Waals surface area contributed by atoms with Crippen molar-refractivity contribution in [3.8, 4) is 22.6 Å². The molecule has 1 aliphatic carbocycles. The number of imidazole rings is 1. The van der Waals surface area contributed by atoms with Crippen molar-refractivity contribution in [1.29, 1.82) is 0 Å². The number of nitrogens with one attached hydrogen (secondary N) is 1. The summed E-state index contributed by atoms with van der Waals surface area (Å²) in [6.45, 7) is 4.63. The zero-order chi connectivity index (χ0) is 24.4. The second-order valence-corrected chi connectivity index (χ2v) is 9.13. The van der Waals surface area contributed by atoms with Gasteiger partial charge < -0.3 is 0 Å². The van der Waals surface area contributed by atoms with Crippen molar-refractivity contribution in [2.24, 2.45) is 5.92 Å². The second kappa shape index (κ2) is 9.77. The number of aryl methyl sites for hydroxylation is 1. The Hall–Kier alpha value is -3.88. The third-order valence-electron chi connectivity index (χ3n) is 6.91. The first-order chi connectivity index (χ1) is 17.1. The number of Topliss-reactive ketones (excluding diaryl/α,β-unsaturated/α-hetero) is 1. The van der Waals surface area contributed by atoms with E-state index in [4.69, 9.17) is 0 Å². The summed E-state index contributed by atoms with van der Waals surface area (Å²) in [5.41, 5.74) is 4.36. The van der Waals surface area contributed by atoms with Crippen LogP contribution in [0.2, 0.25) is 0 Å². The van der Waals surface area contributed by atoms with E-state index in [1.807, 2.05) is 48.8 Å². The zero-order valence-corrected chi connectivity index (χ0v) is 20.0. The first-order valence-corrected chi connectivity index (χ1v) is 12.2. The number of aromatic amines is 1. The van der Waals surface area contributed by atoms with E-state index < -0.39 is 0 Å². The number of benzene rings is 1. The smallest absolute Gasteiger partial charge is 0.297 e. The van der Waals surface area contributed by atoms with Crippen LogP contribution < -0.4 is 5.69 Å². The van der Waals surface area contributed by atoms with Crippen molar-refractivity contribution in [3.05, 3.63) is 70.5 Å². The lowest BCUT2D eigenvalue weighted by Crippen LogP contribution is -2.43. The molecule has 1 aliphatic rings. The first-order valence-electron chi connectivity index (χ1n) is 12.2. The SMILES string of the molecule is CCCCc1cn(C2C(=O)CC2CC)c(=O)n1Cc1ccc(-c2ccccc2-c2nnn[nH]2)nc1. The largest absolute Gasteiger partial charge is 0.329 e. The van der Waals surface area contributed by atoms with Gasteiger partial charge in [0.25, 0.3) is 0 Å². The first kappa shape index (κ1) is 22.9. The standard InChI is InChI=1S/C26H29N7O2/c1-3-5-8-19-16-33(24-18(4-2)13-23(24)34)26(35)32(19)15-17-11-12-22(27-14-17)20-9-6-7-10-21(20)25-28-30-31-29-25/h6-7,9-12,14,16,18,24H,3-5,8,13,15H2,1-2H3,(H,28,29,30,31). The lowest BCUT2D eigenvalue weighted by atomic mass is 9.76. The van der Waals surface area contributed by atoms with E-state index in [0.717, 1.165) is 53.8 Å². The van der Waals surface area contributed by atoms with Gasteiger partial charge in [-0.25, -0.2) is 9.89 Å². The number of tetrazole rings is 1. The monoisotopic (exact) mass is 471 g/mol. The Kier molecular flexibility index (Phi) is 6.39. The normalized spacial score (nSPS) is 17.5. The van der Waals surface area contributed by atoms with Crippen LogP contribution in [0.15, 0.2) is 53.6 Å². The molecular weight excluding hydrogens is 442 g/mol. The number of rotatable bonds is 9. The Labute approximate surface area is 203 Å². The molecule has 9 heteroatoms. The molecule has 0 saturated heterocycles. The number of aromatic nitrogens is 7. The highest BCUT2D eigenvalue weighted by molar-refractivity contribution is 5.89. The van der Waals surface area contributed by atoms with E-state index in [9.17, 15) is 9.59 Å². The highest BCUT2D eigenvalue weighted by atomic mass is 16.2. The number of nitrogens with zero attached hydrogens (tertiary/aromatic N) is 6. The molecule has 0 bridgehead atoms. The topological polar surface area (TPSA) is 111 Å². The van der Waals surface area contributed by atoms with Crippen molar-refractivity contribution < 1.29 is 4.79 Å². The minimum absolute atomic E-state index is 0.111. The van der Waals surface area contributed by atoms with E-state index in [-0.39, 0.29) is 23.4 Å². The van der Waals surface area contributed by atoms with Gasteiger partial charge in [-0.3, -0.25) is 18.9 Å². The minimum atomic E-state index is -0.322. The Balaban J connectivity index is 1.44. The maximum Gasteiger partial charge on any atom is 0.329 e. The predicted octanol–water partition coefficient (Wildman–Crippen LogP) is 3.82. The summed E-state index contributed by atoms with van der Waals surface area (Å²) < 4.78 is 3.48. The van der Waals surface area contributed by atoms with Gasteiger partial charge in [0, 0.05) is 35.6 Å². The summed E-state index contributed by atoms with van der Waals surface area (Å²) in [5, 5.41) is 14.2. The van der Waals surface area contributed by atoms with Crippen molar-refractivity contribution in [2.75, 3.05) is 0 Å². The molecule has 4 aromatic rings. The van der Waals surface area contributed by atoms with Crippen LogP contribution in [-0.2, 0) is 17.8 Å². The summed E-state index contributed by atoms with van der Waals surface area (Å²) >= 11 is 0.